The Morgan fingerprint density at radius 1 is 0.500 bits per heavy atom. The zero-order chi connectivity index (χ0) is 40.0. The van der Waals surface area contributed by atoms with E-state index in [0.717, 1.165) is 0 Å². The summed E-state index contributed by atoms with van der Waals surface area (Å²) >= 11 is 0. The van der Waals surface area contributed by atoms with Crippen molar-refractivity contribution in [3.63, 3.8) is 0 Å². The molecular weight excluding hydrogens is 746 g/mol. The second-order valence-electron chi connectivity index (χ2n) is 11.1. The van der Waals surface area contributed by atoms with Crippen molar-refractivity contribution in [1.29, 1.82) is 10.5 Å². The minimum atomic E-state index is -5.52. The van der Waals surface area contributed by atoms with Crippen LogP contribution < -0.4 is 9.47 Å². The number of aliphatic hydroxyl groups is 4. The van der Waals surface area contributed by atoms with Gasteiger partial charge in [0.15, 0.2) is 0 Å². The van der Waals surface area contributed by atoms with Crippen LogP contribution in [0.3, 0.4) is 0 Å². The maximum absolute atomic E-state index is 13.8. The molecule has 0 aliphatic heterocycles. The Labute approximate surface area is 305 Å². The second kappa shape index (κ2) is 23.8. The first-order valence-electron chi connectivity index (χ1n) is 15.9. The van der Waals surface area contributed by atoms with Crippen LogP contribution in [0.25, 0.3) is 0 Å². The number of hydrogen-bond acceptors (Lipinski definition) is 15. The summed E-state index contributed by atoms with van der Waals surface area (Å²) in [6.45, 7) is -7.97. The molecule has 21 heteroatoms. The second-order valence-corrected chi connectivity index (χ2v) is 11.1. The molecule has 54 heavy (non-hydrogen) atoms. The standard InChI is InChI=1S/C33H40F6N2O13/c34-31(35,21-47-10-9-46-13-25(42)14-48-16-27(44)19-51-29-7-3-1-5-23(29)11-40)53-33(38,39)54-32(36,37)22-50-18-26(43)15-49-17-28(45)20-52-30-8-4-2-6-24(30)12-41/h1-8,25-28,42-45H,9-10,13-22H2. The van der Waals surface area contributed by atoms with Crippen LogP contribution in [0.15, 0.2) is 48.5 Å². The summed E-state index contributed by atoms with van der Waals surface area (Å²) in [5.41, 5.74) is 0.494. The lowest BCUT2D eigenvalue weighted by molar-refractivity contribution is -0.518. The van der Waals surface area contributed by atoms with Gasteiger partial charge < -0.3 is 53.6 Å². The normalized spacial score (nSPS) is 14.4. The van der Waals surface area contributed by atoms with Crippen molar-refractivity contribution in [3.05, 3.63) is 59.7 Å². The fourth-order valence-corrected chi connectivity index (χ4v) is 3.88. The first-order valence-corrected chi connectivity index (χ1v) is 15.9. The molecule has 0 heterocycles. The van der Waals surface area contributed by atoms with E-state index in [-0.39, 0.29) is 62.3 Å². The van der Waals surface area contributed by atoms with Crippen molar-refractivity contribution in [2.75, 3.05) is 79.3 Å². The number of aliphatic hydroxyl groups excluding tert-OH is 4. The van der Waals surface area contributed by atoms with Crippen LogP contribution in [0.4, 0.5) is 26.3 Å². The highest BCUT2D eigenvalue weighted by Gasteiger charge is 2.52. The van der Waals surface area contributed by atoms with Gasteiger partial charge in [-0.15, -0.1) is 8.78 Å². The van der Waals surface area contributed by atoms with Crippen LogP contribution >= 0.6 is 0 Å². The van der Waals surface area contributed by atoms with Gasteiger partial charge >= 0.3 is 18.5 Å². The Hall–Kier alpha value is -3.84. The highest BCUT2D eigenvalue weighted by molar-refractivity contribution is 5.43. The lowest BCUT2D eigenvalue weighted by atomic mass is 10.2. The van der Waals surface area contributed by atoms with Crippen LogP contribution in [-0.2, 0) is 33.2 Å². The number of nitriles is 2. The van der Waals surface area contributed by atoms with E-state index < -0.39 is 82.6 Å². The molecule has 2 aromatic carbocycles. The molecule has 4 unspecified atom stereocenters. The van der Waals surface area contributed by atoms with Crippen LogP contribution in [0.5, 0.6) is 11.5 Å². The highest BCUT2D eigenvalue weighted by Crippen LogP contribution is 2.33. The summed E-state index contributed by atoms with van der Waals surface area (Å²) in [6.07, 6.45) is -20.3. The number of nitrogens with zero attached hydrogens (tertiary/aromatic N) is 2. The molecule has 0 radical (unpaired) electrons. The molecule has 0 aromatic heterocycles. The zero-order valence-corrected chi connectivity index (χ0v) is 28.5. The summed E-state index contributed by atoms with van der Waals surface area (Å²) in [5.74, 6) is 0.476. The molecule has 0 aliphatic rings. The molecule has 0 fully saturated rings. The third-order valence-corrected chi connectivity index (χ3v) is 6.19. The van der Waals surface area contributed by atoms with E-state index in [0.29, 0.717) is 0 Å². The number of hydrogen-bond donors (Lipinski definition) is 4. The Balaban J connectivity index is 1.54. The fraction of sp³-hybridized carbons (Fsp3) is 0.576. The summed E-state index contributed by atoms with van der Waals surface area (Å²) in [6, 6.07) is 16.4. The molecular formula is C33H40F6N2O13. The summed E-state index contributed by atoms with van der Waals surface area (Å²) < 4.78 is 124. The van der Waals surface area contributed by atoms with Gasteiger partial charge in [-0.1, -0.05) is 24.3 Å². The van der Waals surface area contributed by atoms with Crippen LogP contribution in [0, 0.1) is 22.7 Å². The molecule has 0 saturated heterocycles. The number of rotatable bonds is 29. The van der Waals surface area contributed by atoms with Crippen LogP contribution in [-0.4, -0.2) is 143 Å². The van der Waals surface area contributed by atoms with Crippen LogP contribution in [0.2, 0.25) is 0 Å². The van der Waals surface area contributed by atoms with E-state index in [4.69, 9.17) is 34.2 Å². The van der Waals surface area contributed by atoms with Gasteiger partial charge in [0.1, 0.15) is 74.5 Å². The van der Waals surface area contributed by atoms with Gasteiger partial charge in [-0.05, 0) is 24.3 Å². The maximum atomic E-state index is 13.8. The van der Waals surface area contributed by atoms with E-state index in [1.165, 1.54) is 18.2 Å². The lowest BCUT2D eigenvalue weighted by Crippen LogP contribution is -2.44. The Morgan fingerprint density at radius 2 is 0.852 bits per heavy atom. The van der Waals surface area contributed by atoms with E-state index in [1.807, 2.05) is 12.1 Å². The summed E-state index contributed by atoms with van der Waals surface area (Å²) in [7, 11) is 0. The molecule has 0 spiro atoms. The van der Waals surface area contributed by atoms with Gasteiger partial charge in [0, 0.05) is 0 Å². The largest absolute Gasteiger partial charge is 0.495 e. The molecule has 4 N–H and O–H groups in total. The third-order valence-electron chi connectivity index (χ3n) is 6.19. The molecule has 0 saturated carbocycles. The molecule has 302 valence electrons. The van der Waals surface area contributed by atoms with Crippen molar-refractivity contribution in [3.8, 4) is 23.6 Å². The lowest BCUT2D eigenvalue weighted by Gasteiger charge is -2.26. The Bertz CT molecular complexity index is 1450. The van der Waals surface area contributed by atoms with E-state index >= 15 is 0 Å². The minimum absolute atomic E-state index is 0.205. The monoisotopic (exact) mass is 786 g/mol. The first kappa shape index (κ1) is 46.3. The van der Waals surface area contributed by atoms with Gasteiger partial charge in [0.25, 0.3) is 0 Å². The average molecular weight is 787 g/mol. The predicted octanol–water partition coefficient (Wildman–Crippen LogP) is 2.18. The number of para-hydroxylation sites is 2. The number of benzene rings is 2. The fourth-order valence-electron chi connectivity index (χ4n) is 3.88. The molecule has 2 rings (SSSR count). The van der Waals surface area contributed by atoms with Crippen molar-refractivity contribution in [2.24, 2.45) is 0 Å². The number of ether oxygens (including phenoxy) is 9. The minimum Gasteiger partial charge on any atom is -0.489 e. The maximum Gasteiger partial charge on any atom is 0.495 e. The Morgan fingerprint density at radius 3 is 1.30 bits per heavy atom. The van der Waals surface area contributed by atoms with E-state index in [2.05, 4.69) is 18.9 Å². The van der Waals surface area contributed by atoms with Gasteiger partial charge in [-0.3, -0.25) is 0 Å². The number of halogens is 6. The van der Waals surface area contributed by atoms with Crippen LogP contribution in [0.1, 0.15) is 11.1 Å². The third kappa shape index (κ3) is 20.0. The topological polar surface area (TPSA) is 212 Å². The average Bonchev–Trinajstić information content (AvgIpc) is 3.10. The van der Waals surface area contributed by atoms with Crippen molar-refractivity contribution in [2.45, 2.75) is 42.9 Å². The summed E-state index contributed by atoms with van der Waals surface area (Å²) in [4.78, 5) is 0. The highest BCUT2D eigenvalue weighted by atomic mass is 19.3. The first-order chi connectivity index (χ1) is 25.5. The van der Waals surface area contributed by atoms with Gasteiger partial charge in [-0.2, -0.15) is 28.1 Å². The smallest absolute Gasteiger partial charge is 0.489 e. The van der Waals surface area contributed by atoms with Crippen molar-refractivity contribution < 1.29 is 89.4 Å². The molecule has 0 amide bonds. The molecule has 2 aromatic rings. The van der Waals surface area contributed by atoms with Gasteiger partial charge in [0.05, 0.1) is 64.0 Å². The molecule has 15 nitrogen and oxygen atoms in total. The molecule has 4 atom stereocenters. The van der Waals surface area contributed by atoms with E-state index in [9.17, 15) is 46.8 Å². The number of alkyl halides is 6. The van der Waals surface area contributed by atoms with Gasteiger partial charge in [-0.25, -0.2) is 9.47 Å². The Kier molecular flexibility index (Phi) is 20.4. The zero-order valence-electron chi connectivity index (χ0n) is 28.5. The SMILES string of the molecule is N#Cc1ccccc1OCC(O)COCC(O)COCCOCC(F)(F)OC(F)(F)OC(F)(F)COCC(O)COCC(O)COc1ccccc1C#N. The quantitative estimate of drug-likeness (QED) is 0.0529. The van der Waals surface area contributed by atoms with Gasteiger partial charge in [0.2, 0.25) is 0 Å². The predicted molar refractivity (Wildman–Crippen MR) is 168 cm³/mol. The summed E-state index contributed by atoms with van der Waals surface area (Å²) in [5, 5.41) is 57.5. The molecule has 0 aliphatic carbocycles. The molecule has 0 bridgehead atoms. The van der Waals surface area contributed by atoms with Crippen molar-refractivity contribution in [1.82, 2.24) is 0 Å². The van der Waals surface area contributed by atoms with E-state index in [1.54, 1.807) is 30.3 Å². The van der Waals surface area contributed by atoms with Crippen molar-refractivity contribution >= 4 is 0 Å².